The van der Waals surface area contributed by atoms with E-state index in [-0.39, 0.29) is 0 Å². The fourth-order valence-corrected chi connectivity index (χ4v) is 4.11. The summed E-state index contributed by atoms with van der Waals surface area (Å²) in [5.74, 6) is 0.778. The number of hydrogen-bond acceptors (Lipinski definition) is 7. The molecule has 150 valence electrons. The van der Waals surface area contributed by atoms with Gasteiger partial charge >= 0.3 is 0 Å². The number of nitrogens with zero attached hydrogens (tertiary/aromatic N) is 2. The zero-order valence-corrected chi connectivity index (χ0v) is 16.8. The van der Waals surface area contributed by atoms with Crippen LogP contribution in [-0.4, -0.2) is 73.6 Å². The molecule has 27 heavy (non-hydrogen) atoms. The maximum Gasteiger partial charge on any atom is 0.129 e. The van der Waals surface area contributed by atoms with Crippen molar-refractivity contribution in [1.29, 1.82) is 0 Å². The van der Waals surface area contributed by atoms with Crippen molar-refractivity contribution in [3.05, 3.63) is 46.0 Å². The Morgan fingerprint density at radius 3 is 2.85 bits per heavy atom. The van der Waals surface area contributed by atoms with Crippen LogP contribution >= 0.6 is 11.3 Å². The molecule has 1 N–H and O–H groups in total. The second-order valence-corrected chi connectivity index (χ2v) is 8.32. The molecule has 0 aromatic carbocycles. The minimum atomic E-state index is -0.522. The van der Waals surface area contributed by atoms with E-state index in [0.29, 0.717) is 19.8 Å². The minimum Gasteiger partial charge on any atom is -0.467 e. The predicted molar refractivity (Wildman–Crippen MR) is 106 cm³/mol. The van der Waals surface area contributed by atoms with E-state index >= 15 is 0 Å². The zero-order valence-electron chi connectivity index (χ0n) is 16.0. The monoisotopic (exact) mass is 394 g/mol. The van der Waals surface area contributed by atoms with Crippen molar-refractivity contribution in [2.45, 2.75) is 26.2 Å². The predicted octanol–water partition coefficient (Wildman–Crippen LogP) is 2.36. The van der Waals surface area contributed by atoms with Crippen molar-refractivity contribution in [1.82, 2.24) is 9.80 Å². The Labute approximate surface area is 165 Å². The Hall–Kier alpha value is -1.22. The lowest BCUT2D eigenvalue weighted by Crippen LogP contribution is -2.43. The average Bonchev–Trinajstić information content (AvgIpc) is 3.32. The summed E-state index contributed by atoms with van der Waals surface area (Å²) in [6.07, 6.45) is 1.11. The van der Waals surface area contributed by atoms with E-state index in [1.807, 2.05) is 23.5 Å². The number of ether oxygens (including phenoxy) is 2. The molecular weight excluding hydrogens is 364 g/mol. The van der Waals surface area contributed by atoms with Crippen LogP contribution in [0.3, 0.4) is 0 Å². The van der Waals surface area contributed by atoms with E-state index in [1.165, 1.54) is 9.75 Å². The molecule has 7 heteroatoms. The van der Waals surface area contributed by atoms with Gasteiger partial charge < -0.3 is 19.0 Å². The molecule has 3 heterocycles. The van der Waals surface area contributed by atoms with Gasteiger partial charge in [-0.15, -0.1) is 11.3 Å². The molecule has 1 atom stereocenters. The zero-order chi connectivity index (χ0) is 18.9. The number of rotatable bonds is 11. The smallest absolute Gasteiger partial charge is 0.129 e. The highest BCUT2D eigenvalue weighted by Gasteiger charge is 2.16. The van der Waals surface area contributed by atoms with E-state index in [2.05, 4.69) is 28.9 Å². The van der Waals surface area contributed by atoms with Crippen molar-refractivity contribution in [2.24, 2.45) is 0 Å². The van der Waals surface area contributed by atoms with Crippen molar-refractivity contribution in [3.63, 3.8) is 0 Å². The summed E-state index contributed by atoms with van der Waals surface area (Å²) < 4.78 is 16.3. The molecule has 0 saturated carbocycles. The van der Waals surface area contributed by atoms with Gasteiger partial charge in [-0.05, 0) is 31.2 Å². The fraction of sp³-hybridized carbons (Fsp3) is 0.600. The first kappa shape index (κ1) is 20.5. The first-order valence-corrected chi connectivity index (χ1v) is 10.4. The van der Waals surface area contributed by atoms with Gasteiger partial charge in [0.15, 0.2) is 0 Å². The molecule has 0 amide bonds. The highest BCUT2D eigenvalue weighted by Crippen LogP contribution is 2.17. The van der Waals surface area contributed by atoms with Gasteiger partial charge in [-0.1, -0.05) is 0 Å². The number of morpholine rings is 1. The molecule has 0 radical (unpaired) electrons. The Morgan fingerprint density at radius 2 is 2.15 bits per heavy atom. The van der Waals surface area contributed by atoms with Crippen LogP contribution in [0.1, 0.15) is 15.5 Å². The maximum atomic E-state index is 10.4. The summed E-state index contributed by atoms with van der Waals surface area (Å²) in [4.78, 5) is 7.40. The van der Waals surface area contributed by atoms with Gasteiger partial charge in [0.2, 0.25) is 0 Å². The van der Waals surface area contributed by atoms with Crippen LogP contribution in [0.15, 0.2) is 34.9 Å². The third-order valence-corrected chi connectivity index (χ3v) is 5.60. The first-order chi connectivity index (χ1) is 13.2. The summed E-state index contributed by atoms with van der Waals surface area (Å²) in [7, 11) is 0. The van der Waals surface area contributed by atoms with Gasteiger partial charge in [0, 0.05) is 49.0 Å². The molecule has 0 bridgehead atoms. The minimum absolute atomic E-state index is 0.304. The Balaban J connectivity index is 1.46. The van der Waals surface area contributed by atoms with Gasteiger partial charge in [0.05, 0.1) is 32.2 Å². The number of hydrogen-bond donors (Lipinski definition) is 1. The lowest BCUT2D eigenvalue weighted by Gasteiger charge is -2.30. The Morgan fingerprint density at radius 1 is 1.30 bits per heavy atom. The fourth-order valence-electron chi connectivity index (χ4n) is 3.17. The van der Waals surface area contributed by atoms with Crippen LogP contribution in [0.25, 0.3) is 0 Å². The van der Waals surface area contributed by atoms with E-state index in [4.69, 9.17) is 13.9 Å². The van der Waals surface area contributed by atoms with Crippen molar-refractivity contribution in [3.8, 4) is 0 Å². The normalized spacial score (nSPS) is 16.9. The number of furan rings is 1. The number of aliphatic hydroxyl groups excluding tert-OH is 1. The molecule has 0 unspecified atom stereocenters. The number of thiophene rings is 1. The summed E-state index contributed by atoms with van der Waals surface area (Å²) in [5, 5.41) is 10.4. The Bertz CT molecular complexity index is 640. The van der Waals surface area contributed by atoms with Crippen molar-refractivity contribution >= 4 is 11.3 Å². The van der Waals surface area contributed by atoms with Gasteiger partial charge in [0.1, 0.15) is 12.4 Å². The average molecular weight is 395 g/mol. The van der Waals surface area contributed by atoms with Crippen molar-refractivity contribution in [2.75, 3.05) is 52.5 Å². The second kappa shape index (κ2) is 10.9. The van der Waals surface area contributed by atoms with Crippen LogP contribution in [0.5, 0.6) is 0 Å². The Kier molecular flexibility index (Phi) is 8.32. The maximum absolute atomic E-state index is 10.4. The highest BCUT2D eigenvalue weighted by molar-refractivity contribution is 7.11. The molecular formula is C20H30N2O4S. The molecule has 0 spiro atoms. The van der Waals surface area contributed by atoms with Crippen molar-refractivity contribution < 1.29 is 19.0 Å². The van der Waals surface area contributed by atoms with E-state index in [9.17, 15) is 5.11 Å². The quantitative estimate of drug-likeness (QED) is 0.631. The summed E-state index contributed by atoms with van der Waals surface area (Å²) in [5.41, 5.74) is 0. The lowest BCUT2D eigenvalue weighted by atomic mass is 10.3. The summed E-state index contributed by atoms with van der Waals surface area (Å²) >= 11 is 1.82. The first-order valence-electron chi connectivity index (χ1n) is 9.55. The molecule has 3 rings (SSSR count). The van der Waals surface area contributed by atoms with E-state index in [0.717, 1.165) is 51.7 Å². The highest BCUT2D eigenvalue weighted by atomic mass is 32.1. The summed E-state index contributed by atoms with van der Waals surface area (Å²) in [6.45, 7) is 9.80. The second-order valence-electron chi connectivity index (χ2n) is 6.95. The topological polar surface area (TPSA) is 58.3 Å². The molecule has 1 fully saturated rings. The van der Waals surface area contributed by atoms with Crippen LogP contribution < -0.4 is 0 Å². The summed E-state index contributed by atoms with van der Waals surface area (Å²) in [6, 6.07) is 8.05. The van der Waals surface area contributed by atoms with E-state index < -0.39 is 6.10 Å². The molecule has 2 aromatic rings. The largest absolute Gasteiger partial charge is 0.467 e. The SMILES string of the molecule is Cc1ccc(CN(CCN2CCOCC2)C[C@H](O)COCc2ccco2)s1. The molecule has 1 saturated heterocycles. The van der Waals surface area contributed by atoms with Gasteiger partial charge in [-0.25, -0.2) is 0 Å². The molecule has 0 aliphatic carbocycles. The number of aryl methyl sites for hydroxylation is 1. The van der Waals surface area contributed by atoms with Gasteiger partial charge in [0.25, 0.3) is 0 Å². The standard InChI is InChI=1S/C20H30N2O4S/c1-17-4-5-20(27-17)14-22(7-6-21-8-11-24-12-9-21)13-18(23)15-25-16-19-3-2-10-26-19/h2-5,10,18,23H,6-9,11-16H2,1H3/t18-/m0/s1. The van der Waals surface area contributed by atoms with Crippen LogP contribution in [0.4, 0.5) is 0 Å². The van der Waals surface area contributed by atoms with Crippen LogP contribution in [-0.2, 0) is 22.6 Å². The van der Waals surface area contributed by atoms with Crippen LogP contribution in [0, 0.1) is 6.92 Å². The van der Waals surface area contributed by atoms with Gasteiger partial charge in [-0.2, -0.15) is 0 Å². The molecule has 2 aromatic heterocycles. The third kappa shape index (κ3) is 7.37. The van der Waals surface area contributed by atoms with Crippen LogP contribution in [0.2, 0.25) is 0 Å². The lowest BCUT2D eigenvalue weighted by molar-refractivity contribution is -0.00137. The molecule has 1 aliphatic heterocycles. The molecule has 6 nitrogen and oxygen atoms in total. The third-order valence-electron chi connectivity index (χ3n) is 4.62. The van der Waals surface area contributed by atoms with E-state index in [1.54, 1.807) is 6.26 Å². The number of aliphatic hydroxyl groups is 1. The molecule has 1 aliphatic rings. The van der Waals surface area contributed by atoms with Gasteiger partial charge in [-0.3, -0.25) is 9.80 Å².